The van der Waals surface area contributed by atoms with Gasteiger partial charge >= 0.3 is 11.9 Å². The molecular weight excluding hydrogens is 384 g/mol. The van der Waals surface area contributed by atoms with Crippen LogP contribution in [-0.2, 0) is 9.47 Å². The van der Waals surface area contributed by atoms with Crippen molar-refractivity contribution in [2.75, 3.05) is 6.61 Å². The first kappa shape index (κ1) is 20.8. The molecule has 1 aromatic carbocycles. The molecule has 0 fully saturated rings. The molecule has 0 atom stereocenters. The number of carbonyl (C=O) groups is 3. The number of nitriles is 1. The first-order chi connectivity index (χ1) is 14.3. The Labute approximate surface area is 173 Å². The molecular formula is C23H20N2O5. The van der Waals surface area contributed by atoms with Crippen molar-refractivity contribution in [3.8, 4) is 6.07 Å². The summed E-state index contributed by atoms with van der Waals surface area (Å²) in [5.74, 6) is -1.45. The van der Waals surface area contributed by atoms with Gasteiger partial charge < -0.3 is 13.9 Å². The Morgan fingerprint density at radius 1 is 1.03 bits per heavy atom. The summed E-state index contributed by atoms with van der Waals surface area (Å²) in [6.45, 7) is 5.34. The summed E-state index contributed by atoms with van der Waals surface area (Å²) in [5.41, 5.74) is 1.84. The highest BCUT2D eigenvalue weighted by Gasteiger charge is 2.23. The van der Waals surface area contributed by atoms with Crippen molar-refractivity contribution in [3.05, 3.63) is 76.6 Å². The molecule has 0 saturated heterocycles. The predicted molar refractivity (Wildman–Crippen MR) is 108 cm³/mol. The SMILES string of the molecule is CCOC(=O)c1cc(C(=O)c2ccc(C#N)cc2)n2ccc(C(=O)OC(C)C)cc12. The number of ketones is 1. The van der Waals surface area contributed by atoms with E-state index in [2.05, 4.69) is 0 Å². The van der Waals surface area contributed by atoms with Crippen LogP contribution in [0.5, 0.6) is 0 Å². The van der Waals surface area contributed by atoms with E-state index < -0.39 is 11.9 Å². The lowest BCUT2D eigenvalue weighted by atomic mass is 10.1. The second-order valence-electron chi connectivity index (χ2n) is 6.81. The van der Waals surface area contributed by atoms with Crippen molar-refractivity contribution in [2.24, 2.45) is 0 Å². The number of hydrogen-bond donors (Lipinski definition) is 0. The van der Waals surface area contributed by atoms with Gasteiger partial charge in [0.15, 0.2) is 0 Å². The number of carbonyl (C=O) groups excluding carboxylic acids is 3. The highest BCUT2D eigenvalue weighted by molar-refractivity contribution is 6.11. The van der Waals surface area contributed by atoms with E-state index in [0.29, 0.717) is 16.6 Å². The smallest absolute Gasteiger partial charge is 0.340 e. The maximum absolute atomic E-state index is 13.1. The largest absolute Gasteiger partial charge is 0.462 e. The van der Waals surface area contributed by atoms with Crippen LogP contribution in [0.25, 0.3) is 5.52 Å². The van der Waals surface area contributed by atoms with Crippen molar-refractivity contribution in [1.29, 1.82) is 5.26 Å². The first-order valence-corrected chi connectivity index (χ1v) is 9.43. The number of aromatic nitrogens is 1. The van der Waals surface area contributed by atoms with E-state index in [0.717, 1.165) is 0 Å². The second kappa shape index (κ2) is 8.62. The molecule has 7 nitrogen and oxygen atoms in total. The molecule has 7 heteroatoms. The van der Waals surface area contributed by atoms with Gasteiger partial charge in [-0.15, -0.1) is 0 Å². The van der Waals surface area contributed by atoms with Gasteiger partial charge in [0.25, 0.3) is 0 Å². The number of hydrogen-bond acceptors (Lipinski definition) is 6. The van der Waals surface area contributed by atoms with Gasteiger partial charge in [-0.1, -0.05) is 0 Å². The molecule has 0 aliphatic heterocycles. The molecule has 2 heterocycles. The van der Waals surface area contributed by atoms with Crippen LogP contribution < -0.4 is 0 Å². The third-order valence-electron chi connectivity index (χ3n) is 4.35. The molecule has 0 N–H and O–H groups in total. The Morgan fingerprint density at radius 3 is 2.33 bits per heavy atom. The van der Waals surface area contributed by atoms with Crippen molar-refractivity contribution < 1.29 is 23.9 Å². The summed E-state index contributed by atoms with van der Waals surface area (Å²) in [5, 5.41) is 8.94. The van der Waals surface area contributed by atoms with Crippen LogP contribution in [0.4, 0.5) is 0 Å². The number of ether oxygens (including phenoxy) is 2. The summed E-state index contributed by atoms with van der Waals surface area (Å²) in [7, 11) is 0. The molecule has 3 aromatic rings. The Morgan fingerprint density at radius 2 is 1.73 bits per heavy atom. The van der Waals surface area contributed by atoms with Crippen LogP contribution in [0.15, 0.2) is 48.7 Å². The highest BCUT2D eigenvalue weighted by Crippen LogP contribution is 2.23. The molecule has 30 heavy (non-hydrogen) atoms. The van der Waals surface area contributed by atoms with Crippen molar-refractivity contribution in [2.45, 2.75) is 26.9 Å². The van der Waals surface area contributed by atoms with Crippen LogP contribution in [0.2, 0.25) is 0 Å². The molecule has 0 unspecified atom stereocenters. The Kier molecular flexibility index (Phi) is 5.98. The molecule has 0 aliphatic rings. The minimum Gasteiger partial charge on any atom is -0.462 e. The normalized spacial score (nSPS) is 10.6. The highest BCUT2D eigenvalue weighted by atomic mass is 16.5. The van der Waals surface area contributed by atoms with E-state index in [1.807, 2.05) is 6.07 Å². The van der Waals surface area contributed by atoms with Crippen molar-refractivity contribution >= 4 is 23.2 Å². The van der Waals surface area contributed by atoms with E-state index in [1.165, 1.54) is 18.2 Å². The summed E-state index contributed by atoms with van der Waals surface area (Å²) in [6.07, 6.45) is 1.25. The lowest BCUT2D eigenvalue weighted by Crippen LogP contribution is -2.12. The van der Waals surface area contributed by atoms with Gasteiger partial charge in [-0.2, -0.15) is 5.26 Å². The molecule has 0 saturated carbocycles. The minimum absolute atomic E-state index is 0.171. The summed E-state index contributed by atoms with van der Waals surface area (Å²) in [6, 6.07) is 12.7. The molecule has 0 aliphatic carbocycles. The standard InChI is InChI=1S/C23H20N2O5/c1-4-29-23(28)18-12-20(21(26)16-7-5-15(13-24)6-8-16)25-10-9-17(11-19(18)25)22(27)30-14(2)3/h5-12,14H,4H2,1-3H3. The fourth-order valence-electron chi connectivity index (χ4n) is 3.00. The van der Waals surface area contributed by atoms with E-state index in [-0.39, 0.29) is 35.3 Å². The Bertz CT molecular complexity index is 1170. The number of nitrogens with zero attached hydrogens (tertiary/aromatic N) is 2. The lowest BCUT2D eigenvalue weighted by molar-refractivity contribution is 0.0377. The van der Waals surface area contributed by atoms with E-state index in [1.54, 1.807) is 55.6 Å². The Hall–Kier alpha value is -3.92. The number of rotatable bonds is 6. The maximum Gasteiger partial charge on any atom is 0.340 e. The average Bonchev–Trinajstić information content (AvgIpc) is 3.12. The third-order valence-corrected chi connectivity index (χ3v) is 4.35. The molecule has 0 spiro atoms. The fourth-order valence-corrected chi connectivity index (χ4v) is 3.00. The summed E-state index contributed by atoms with van der Waals surface area (Å²) in [4.78, 5) is 37.8. The molecule has 152 valence electrons. The van der Waals surface area contributed by atoms with E-state index in [9.17, 15) is 14.4 Å². The maximum atomic E-state index is 13.1. The molecule has 3 rings (SSSR count). The number of benzene rings is 1. The van der Waals surface area contributed by atoms with Crippen LogP contribution in [-0.4, -0.2) is 34.8 Å². The van der Waals surface area contributed by atoms with Gasteiger partial charge in [0.2, 0.25) is 5.78 Å². The van der Waals surface area contributed by atoms with Crippen LogP contribution >= 0.6 is 0 Å². The number of pyridine rings is 1. The zero-order valence-electron chi connectivity index (χ0n) is 16.8. The van der Waals surface area contributed by atoms with Gasteiger partial charge in [0.1, 0.15) is 0 Å². The van der Waals surface area contributed by atoms with Gasteiger partial charge in [-0.25, -0.2) is 9.59 Å². The van der Waals surface area contributed by atoms with Crippen molar-refractivity contribution in [3.63, 3.8) is 0 Å². The molecule has 0 radical (unpaired) electrons. The number of fused-ring (bicyclic) bond motifs is 1. The van der Waals surface area contributed by atoms with Crippen LogP contribution in [0.3, 0.4) is 0 Å². The second-order valence-corrected chi connectivity index (χ2v) is 6.81. The van der Waals surface area contributed by atoms with Gasteiger partial charge in [0, 0.05) is 11.8 Å². The van der Waals surface area contributed by atoms with Crippen molar-refractivity contribution in [1.82, 2.24) is 4.40 Å². The fraction of sp³-hybridized carbons (Fsp3) is 0.217. The van der Waals surface area contributed by atoms with E-state index in [4.69, 9.17) is 14.7 Å². The number of esters is 2. The average molecular weight is 404 g/mol. The quantitative estimate of drug-likeness (QED) is 0.458. The van der Waals surface area contributed by atoms with E-state index >= 15 is 0 Å². The molecule has 0 amide bonds. The van der Waals surface area contributed by atoms with Gasteiger partial charge in [-0.3, -0.25) is 4.79 Å². The van der Waals surface area contributed by atoms with Gasteiger partial charge in [0.05, 0.1) is 46.7 Å². The first-order valence-electron chi connectivity index (χ1n) is 9.43. The summed E-state index contributed by atoms with van der Waals surface area (Å²) < 4.78 is 11.9. The van der Waals surface area contributed by atoms with Gasteiger partial charge in [-0.05, 0) is 63.2 Å². The Balaban J connectivity index is 2.12. The third kappa shape index (κ3) is 4.08. The zero-order chi connectivity index (χ0) is 21.8. The summed E-state index contributed by atoms with van der Waals surface area (Å²) >= 11 is 0. The molecule has 2 aromatic heterocycles. The predicted octanol–water partition coefficient (Wildman–Crippen LogP) is 3.78. The monoisotopic (exact) mass is 404 g/mol. The minimum atomic E-state index is -0.594. The van der Waals surface area contributed by atoms with Crippen LogP contribution in [0, 0.1) is 11.3 Å². The zero-order valence-corrected chi connectivity index (χ0v) is 16.8. The molecule has 0 bridgehead atoms. The van der Waals surface area contributed by atoms with Crippen LogP contribution in [0.1, 0.15) is 63.1 Å². The topological polar surface area (TPSA) is 97.9 Å². The lowest BCUT2D eigenvalue weighted by Gasteiger charge is -2.09.